The number of hydrogen-bond acceptors (Lipinski definition) is 4. The van der Waals surface area contributed by atoms with Gasteiger partial charge in [-0.2, -0.15) is 0 Å². The molecule has 0 bridgehead atoms. The van der Waals surface area contributed by atoms with Gasteiger partial charge in [0, 0.05) is 24.4 Å². The third kappa shape index (κ3) is 3.67. The van der Waals surface area contributed by atoms with Gasteiger partial charge in [-0.3, -0.25) is 4.79 Å². The Morgan fingerprint density at radius 3 is 2.59 bits per heavy atom. The Balaban J connectivity index is 2.09. The summed E-state index contributed by atoms with van der Waals surface area (Å²) >= 11 is 1.44. The van der Waals surface area contributed by atoms with Crippen molar-refractivity contribution in [2.45, 2.75) is 25.3 Å². The summed E-state index contributed by atoms with van der Waals surface area (Å²) in [4.78, 5) is 27.7. The molecule has 1 amide bonds. The number of nitrogens with zero attached hydrogens (tertiary/aromatic N) is 1. The summed E-state index contributed by atoms with van der Waals surface area (Å²) in [5.74, 6) is -2.07. The molecular formula is C15H15FN2O3S. The number of benzene rings is 1. The largest absolute Gasteiger partial charge is 0.479 e. The predicted octanol–water partition coefficient (Wildman–Crippen LogP) is 2.33. The topological polar surface area (TPSA) is 79.3 Å². The summed E-state index contributed by atoms with van der Waals surface area (Å²) in [6, 6.07) is 5.03. The highest BCUT2D eigenvalue weighted by Crippen LogP contribution is 2.22. The quantitative estimate of drug-likeness (QED) is 0.855. The Morgan fingerprint density at radius 1 is 1.36 bits per heavy atom. The van der Waals surface area contributed by atoms with Crippen molar-refractivity contribution in [2.75, 3.05) is 0 Å². The molecule has 0 fully saturated rings. The Labute approximate surface area is 130 Å². The molecule has 0 radical (unpaired) electrons. The van der Waals surface area contributed by atoms with Crippen LogP contribution in [-0.4, -0.2) is 22.0 Å². The number of carboxylic acids is 1. The number of aromatic nitrogens is 1. The second-order valence-corrected chi connectivity index (χ2v) is 5.89. The zero-order valence-corrected chi connectivity index (χ0v) is 12.7. The first-order chi connectivity index (χ1) is 10.4. The van der Waals surface area contributed by atoms with Gasteiger partial charge in [0.1, 0.15) is 5.82 Å². The van der Waals surface area contributed by atoms with Crippen LogP contribution in [0.15, 0.2) is 35.8 Å². The molecule has 1 atom stereocenters. The van der Waals surface area contributed by atoms with Crippen LogP contribution in [0, 0.1) is 5.82 Å². The van der Waals surface area contributed by atoms with Crippen molar-refractivity contribution in [3.05, 3.63) is 52.2 Å². The third-order valence-corrected chi connectivity index (χ3v) is 4.13. The number of rotatable bonds is 6. The molecule has 1 aromatic heterocycles. The van der Waals surface area contributed by atoms with E-state index in [1.165, 1.54) is 30.4 Å². The van der Waals surface area contributed by atoms with Gasteiger partial charge in [0.2, 0.25) is 5.91 Å². The van der Waals surface area contributed by atoms with E-state index in [1.807, 2.05) is 5.38 Å². The Bertz CT molecular complexity index is 658. The van der Waals surface area contributed by atoms with Crippen molar-refractivity contribution < 1.29 is 19.1 Å². The molecule has 1 unspecified atom stereocenters. The lowest BCUT2D eigenvalue weighted by Crippen LogP contribution is -2.49. The molecule has 7 heteroatoms. The van der Waals surface area contributed by atoms with Crippen LogP contribution in [0.3, 0.4) is 0 Å². The first-order valence-corrected chi connectivity index (χ1v) is 7.48. The molecule has 0 aliphatic rings. The average Bonchev–Trinajstić information content (AvgIpc) is 2.98. The number of amides is 1. The number of aryl methyl sites for hydroxylation is 1. The lowest BCUT2D eigenvalue weighted by molar-refractivity contribution is -0.147. The van der Waals surface area contributed by atoms with Gasteiger partial charge in [0.15, 0.2) is 5.54 Å². The van der Waals surface area contributed by atoms with Crippen LogP contribution in [0.5, 0.6) is 0 Å². The molecule has 22 heavy (non-hydrogen) atoms. The molecule has 5 nitrogen and oxygen atoms in total. The highest BCUT2D eigenvalue weighted by molar-refractivity contribution is 7.09. The predicted molar refractivity (Wildman–Crippen MR) is 80.0 cm³/mol. The van der Waals surface area contributed by atoms with E-state index >= 15 is 0 Å². The van der Waals surface area contributed by atoms with Gasteiger partial charge in [-0.25, -0.2) is 14.2 Å². The number of carbonyl (C=O) groups excluding carboxylic acids is 1. The summed E-state index contributed by atoms with van der Waals surface area (Å²) in [6.45, 7) is 1.38. The van der Waals surface area contributed by atoms with E-state index in [0.29, 0.717) is 12.0 Å². The molecule has 0 aliphatic heterocycles. The van der Waals surface area contributed by atoms with E-state index < -0.39 is 23.2 Å². The maximum Gasteiger partial charge on any atom is 0.333 e. The number of carboxylic acid groups (broad SMARTS) is 1. The second kappa shape index (κ2) is 6.65. The number of nitrogens with one attached hydrogen (secondary N) is 1. The summed E-state index contributed by atoms with van der Waals surface area (Å²) in [6.07, 6.45) is 2.23. The van der Waals surface area contributed by atoms with Crippen LogP contribution in [-0.2, 0) is 21.5 Å². The van der Waals surface area contributed by atoms with Crippen LogP contribution in [0.1, 0.15) is 23.9 Å². The van der Waals surface area contributed by atoms with E-state index in [4.69, 9.17) is 0 Å². The molecule has 2 aromatic rings. The zero-order chi connectivity index (χ0) is 16.2. The number of halogens is 1. The Kier molecular flexibility index (Phi) is 4.87. The molecule has 0 spiro atoms. The number of thiazole rings is 1. The number of carbonyl (C=O) groups is 2. The van der Waals surface area contributed by atoms with Crippen molar-refractivity contribution >= 4 is 23.2 Å². The molecule has 2 N–H and O–H groups in total. The van der Waals surface area contributed by atoms with Crippen LogP contribution in [0.2, 0.25) is 0 Å². The normalized spacial score (nSPS) is 13.4. The first kappa shape index (κ1) is 16.1. The highest BCUT2D eigenvalue weighted by atomic mass is 32.1. The fourth-order valence-electron chi connectivity index (χ4n) is 1.97. The molecule has 1 heterocycles. The van der Waals surface area contributed by atoms with Crippen LogP contribution >= 0.6 is 11.3 Å². The lowest BCUT2D eigenvalue weighted by atomic mass is 9.91. The van der Waals surface area contributed by atoms with E-state index in [0.717, 1.165) is 17.1 Å². The maximum absolute atomic E-state index is 13.0. The molecule has 0 saturated heterocycles. The smallest absolute Gasteiger partial charge is 0.333 e. The van der Waals surface area contributed by atoms with Gasteiger partial charge in [-0.1, -0.05) is 12.1 Å². The maximum atomic E-state index is 13.0. The van der Waals surface area contributed by atoms with Gasteiger partial charge in [-0.15, -0.1) is 11.3 Å². The van der Waals surface area contributed by atoms with Gasteiger partial charge >= 0.3 is 5.97 Å². The fraction of sp³-hybridized carbons (Fsp3) is 0.267. The van der Waals surface area contributed by atoms with Crippen molar-refractivity contribution in [2.24, 2.45) is 0 Å². The Morgan fingerprint density at radius 2 is 2.05 bits per heavy atom. The second-order valence-electron chi connectivity index (χ2n) is 4.91. The van der Waals surface area contributed by atoms with E-state index in [-0.39, 0.29) is 6.42 Å². The minimum atomic E-state index is -1.60. The van der Waals surface area contributed by atoms with Crippen molar-refractivity contribution in [3.63, 3.8) is 0 Å². The lowest BCUT2D eigenvalue weighted by Gasteiger charge is -2.26. The van der Waals surface area contributed by atoms with Crippen LogP contribution in [0.4, 0.5) is 4.39 Å². The van der Waals surface area contributed by atoms with Gasteiger partial charge < -0.3 is 10.4 Å². The van der Waals surface area contributed by atoms with E-state index in [2.05, 4.69) is 10.3 Å². The molecule has 116 valence electrons. The summed E-state index contributed by atoms with van der Waals surface area (Å²) in [5.41, 5.74) is -1.29. The summed E-state index contributed by atoms with van der Waals surface area (Å²) in [5, 5.41) is 14.6. The summed E-state index contributed by atoms with van der Waals surface area (Å²) < 4.78 is 13.0. The average molecular weight is 322 g/mol. The van der Waals surface area contributed by atoms with Crippen molar-refractivity contribution in [3.8, 4) is 0 Å². The van der Waals surface area contributed by atoms with Gasteiger partial charge in [-0.05, 0) is 24.6 Å². The number of hydrogen-bond donors (Lipinski definition) is 2. The SMILES string of the molecule is CC(NC(=O)CCc1nccs1)(C(=O)O)c1ccc(F)cc1. The Hall–Kier alpha value is -2.28. The first-order valence-electron chi connectivity index (χ1n) is 6.60. The minimum absolute atomic E-state index is 0.136. The fourth-order valence-corrected chi connectivity index (χ4v) is 2.59. The molecule has 0 aliphatic carbocycles. The molecule has 2 rings (SSSR count). The highest BCUT2D eigenvalue weighted by Gasteiger charge is 2.36. The van der Waals surface area contributed by atoms with Gasteiger partial charge in [0.25, 0.3) is 0 Å². The minimum Gasteiger partial charge on any atom is -0.479 e. The van der Waals surface area contributed by atoms with Crippen LogP contribution in [0.25, 0.3) is 0 Å². The molecular weight excluding hydrogens is 307 g/mol. The van der Waals surface area contributed by atoms with Crippen molar-refractivity contribution in [1.82, 2.24) is 10.3 Å². The van der Waals surface area contributed by atoms with E-state index in [1.54, 1.807) is 6.20 Å². The third-order valence-electron chi connectivity index (χ3n) is 3.29. The zero-order valence-electron chi connectivity index (χ0n) is 11.9. The van der Waals surface area contributed by atoms with Crippen molar-refractivity contribution in [1.29, 1.82) is 0 Å². The standard InChI is InChI=1S/C15H15FN2O3S/c1-15(14(20)21,10-2-4-11(16)5-3-10)18-12(19)6-7-13-17-8-9-22-13/h2-5,8-9H,6-7H2,1H3,(H,18,19)(H,20,21). The molecule has 1 aromatic carbocycles. The monoisotopic (exact) mass is 322 g/mol. The van der Waals surface area contributed by atoms with Crippen LogP contribution < -0.4 is 5.32 Å². The van der Waals surface area contributed by atoms with Gasteiger partial charge in [0.05, 0.1) is 5.01 Å². The summed E-state index contributed by atoms with van der Waals surface area (Å²) in [7, 11) is 0. The number of aliphatic carboxylic acids is 1. The molecule has 0 saturated carbocycles. The van der Waals surface area contributed by atoms with E-state index in [9.17, 15) is 19.1 Å².